The Balaban J connectivity index is 0.00000225. The van der Waals surface area contributed by atoms with E-state index in [4.69, 9.17) is 4.74 Å². The molecular weight excluding hydrogens is 424 g/mol. The molecule has 13 heteroatoms. The van der Waals surface area contributed by atoms with Crippen molar-refractivity contribution in [1.29, 1.82) is 0 Å². The number of rotatable bonds is 5. The zero-order valence-electron chi connectivity index (χ0n) is 14.8. The number of morpholine rings is 1. The van der Waals surface area contributed by atoms with Gasteiger partial charge in [0.2, 0.25) is 0 Å². The number of fused-ring (bicyclic) bond motifs is 1. The van der Waals surface area contributed by atoms with Crippen LogP contribution in [0.3, 0.4) is 0 Å². The van der Waals surface area contributed by atoms with Crippen LogP contribution < -0.4 is 0 Å². The molecular formula is C15H18N6O4S3. The quantitative estimate of drug-likeness (QED) is 0.563. The van der Waals surface area contributed by atoms with E-state index in [-0.39, 0.29) is 49.6 Å². The first-order chi connectivity index (χ1) is 12.9. The molecule has 0 aliphatic carbocycles. The maximum atomic E-state index is 13.0. The van der Waals surface area contributed by atoms with E-state index in [9.17, 15) is 13.2 Å². The van der Waals surface area contributed by atoms with Gasteiger partial charge >= 0.3 is 0 Å². The van der Waals surface area contributed by atoms with Gasteiger partial charge < -0.3 is 4.74 Å². The van der Waals surface area contributed by atoms with E-state index in [1.807, 2.05) is 0 Å². The lowest BCUT2D eigenvalue weighted by molar-refractivity contribution is -0.116. The fourth-order valence-corrected chi connectivity index (χ4v) is 5.69. The molecule has 0 bridgehead atoms. The number of hydrogen-bond donors (Lipinski definition) is 0. The summed E-state index contributed by atoms with van der Waals surface area (Å²) >= 11 is 1.02. The average molecular weight is 443 g/mol. The highest BCUT2D eigenvalue weighted by atomic mass is 32.2. The van der Waals surface area contributed by atoms with Crippen molar-refractivity contribution in [3.63, 3.8) is 0 Å². The van der Waals surface area contributed by atoms with Crippen LogP contribution in [0.4, 0.5) is 0 Å². The molecule has 0 amide bonds. The molecule has 1 fully saturated rings. The molecule has 0 unspecified atom stereocenters. The third kappa shape index (κ3) is 3.93. The van der Waals surface area contributed by atoms with E-state index in [2.05, 4.69) is 20.1 Å². The van der Waals surface area contributed by atoms with Gasteiger partial charge in [0.25, 0.3) is 15.8 Å². The van der Waals surface area contributed by atoms with Crippen molar-refractivity contribution in [1.82, 2.24) is 28.9 Å². The minimum Gasteiger partial charge on any atom is -0.369 e. The third-order valence-corrected chi connectivity index (χ3v) is 7.39. The highest BCUT2D eigenvalue weighted by Crippen LogP contribution is 2.28. The lowest BCUT2D eigenvalue weighted by Crippen LogP contribution is -2.42. The van der Waals surface area contributed by atoms with Gasteiger partial charge in [-0.1, -0.05) is 0 Å². The first-order valence-corrected chi connectivity index (χ1v) is 10.4. The number of sulfonamides is 1. The van der Waals surface area contributed by atoms with Gasteiger partial charge in [-0.15, -0.1) is 11.3 Å². The molecule has 10 nitrogen and oxygen atoms in total. The Morgan fingerprint density at radius 3 is 2.96 bits per heavy atom. The molecule has 4 rings (SSSR count). The SMILES string of the molecule is CC(=O)Cc1ncc(S(=O)(=O)N2CCO[C@H](c3ccnc4ncnn34)C2)s1.S. The summed E-state index contributed by atoms with van der Waals surface area (Å²) in [6.45, 7) is 2.08. The summed E-state index contributed by atoms with van der Waals surface area (Å²) in [4.78, 5) is 23.4. The van der Waals surface area contributed by atoms with Crippen molar-refractivity contribution in [3.05, 3.63) is 35.5 Å². The van der Waals surface area contributed by atoms with Crippen LogP contribution in [0.2, 0.25) is 0 Å². The Kier molecular flexibility index (Phi) is 6.09. The molecule has 1 aliphatic heterocycles. The second-order valence-electron chi connectivity index (χ2n) is 6.02. The van der Waals surface area contributed by atoms with Crippen molar-refractivity contribution in [3.8, 4) is 0 Å². The van der Waals surface area contributed by atoms with Crippen molar-refractivity contribution < 1.29 is 17.9 Å². The summed E-state index contributed by atoms with van der Waals surface area (Å²) in [6.07, 6.45) is 3.92. The van der Waals surface area contributed by atoms with Gasteiger partial charge in [-0.05, 0) is 13.0 Å². The summed E-state index contributed by atoms with van der Waals surface area (Å²) in [6, 6.07) is 1.74. The number of ketones is 1. The minimum absolute atomic E-state index is 0. The summed E-state index contributed by atoms with van der Waals surface area (Å²) in [5.74, 6) is 0.363. The van der Waals surface area contributed by atoms with Gasteiger partial charge in [-0.25, -0.2) is 18.4 Å². The summed E-state index contributed by atoms with van der Waals surface area (Å²) in [5, 5.41) is 4.62. The van der Waals surface area contributed by atoms with E-state index in [0.29, 0.717) is 16.5 Å². The molecule has 1 saturated heterocycles. The Bertz CT molecular complexity index is 1100. The summed E-state index contributed by atoms with van der Waals surface area (Å²) in [7, 11) is -3.72. The van der Waals surface area contributed by atoms with Gasteiger partial charge in [0, 0.05) is 19.3 Å². The van der Waals surface area contributed by atoms with E-state index >= 15 is 0 Å². The predicted molar refractivity (Wildman–Crippen MR) is 105 cm³/mol. The smallest absolute Gasteiger partial charge is 0.254 e. The van der Waals surface area contributed by atoms with Gasteiger partial charge in [-0.2, -0.15) is 32.4 Å². The molecule has 0 radical (unpaired) electrons. The van der Waals surface area contributed by atoms with Crippen molar-refractivity contribution in [2.24, 2.45) is 0 Å². The number of ether oxygens (including phenoxy) is 1. The number of nitrogens with zero attached hydrogens (tertiary/aromatic N) is 6. The van der Waals surface area contributed by atoms with E-state index in [1.54, 1.807) is 16.8 Å². The van der Waals surface area contributed by atoms with E-state index in [0.717, 1.165) is 11.3 Å². The average Bonchev–Trinajstić information content (AvgIpc) is 3.30. The van der Waals surface area contributed by atoms with Crippen molar-refractivity contribution >= 4 is 46.4 Å². The summed E-state index contributed by atoms with van der Waals surface area (Å²) in [5.41, 5.74) is 0.680. The van der Waals surface area contributed by atoms with E-state index in [1.165, 1.54) is 23.8 Å². The zero-order valence-corrected chi connectivity index (χ0v) is 17.5. The molecule has 3 aromatic rings. The van der Waals surface area contributed by atoms with Gasteiger partial charge in [-0.3, -0.25) is 4.79 Å². The molecule has 28 heavy (non-hydrogen) atoms. The lowest BCUT2D eigenvalue weighted by Gasteiger charge is -2.31. The molecule has 150 valence electrons. The van der Waals surface area contributed by atoms with Crippen LogP contribution in [-0.2, 0) is 26.0 Å². The van der Waals surface area contributed by atoms with Gasteiger partial charge in [0.1, 0.15) is 23.2 Å². The topological polar surface area (TPSA) is 120 Å². The Morgan fingerprint density at radius 2 is 2.18 bits per heavy atom. The monoisotopic (exact) mass is 442 g/mol. The molecule has 1 aliphatic rings. The fourth-order valence-electron chi connectivity index (χ4n) is 2.86. The van der Waals surface area contributed by atoms with Crippen LogP contribution in [0.25, 0.3) is 5.78 Å². The number of carbonyl (C=O) groups excluding carboxylic acids is 1. The molecule has 1 atom stereocenters. The van der Waals surface area contributed by atoms with Crippen LogP contribution in [-0.4, -0.2) is 62.8 Å². The van der Waals surface area contributed by atoms with Crippen LogP contribution in [0.15, 0.2) is 29.0 Å². The van der Waals surface area contributed by atoms with Gasteiger partial charge in [0.05, 0.1) is 24.9 Å². The fraction of sp³-hybridized carbons (Fsp3) is 0.400. The Labute approximate surface area is 172 Å². The highest BCUT2D eigenvalue weighted by Gasteiger charge is 2.34. The maximum Gasteiger partial charge on any atom is 0.254 e. The number of hydrogen-bond acceptors (Lipinski definition) is 9. The van der Waals surface area contributed by atoms with Crippen molar-refractivity contribution in [2.45, 2.75) is 23.7 Å². The van der Waals surface area contributed by atoms with Crippen LogP contribution >= 0.6 is 24.8 Å². The Morgan fingerprint density at radius 1 is 1.36 bits per heavy atom. The molecule has 3 aromatic heterocycles. The third-order valence-electron chi connectivity index (χ3n) is 4.10. The molecule has 0 N–H and O–H groups in total. The first kappa shape index (κ1) is 20.8. The normalized spacial score (nSPS) is 18.1. The number of aromatic nitrogens is 5. The Hall–Kier alpha value is -1.93. The van der Waals surface area contributed by atoms with Crippen LogP contribution in [0, 0.1) is 0 Å². The van der Waals surface area contributed by atoms with Crippen molar-refractivity contribution in [2.75, 3.05) is 19.7 Å². The highest BCUT2D eigenvalue weighted by molar-refractivity contribution is 7.91. The predicted octanol–water partition coefficient (Wildman–Crippen LogP) is 0.587. The number of thiazole rings is 1. The van der Waals surface area contributed by atoms with Gasteiger partial charge in [0.15, 0.2) is 4.21 Å². The van der Waals surface area contributed by atoms with Crippen LogP contribution in [0.1, 0.15) is 23.7 Å². The van der Waals surface area contributed by atoms with E-state index < -0.39 is 16.1 Å². The zero-order chi connectivity index (χ0) is 19.0. The molecule has 0 spiro atoms. The first-order valence-electron chi connectivity index (χ1n) is 8.15. The maximum absolute atomic E-state index is 13.0. The minimum atomic E-state index is -3.72. The molecule has 0 saturated carbocycles. The van der Waals surface area contributed by atoms with Crippen LogP contribution in [0.5, 0.6) is 0 Å². The standard InChI is InChI=1S/C15H16N6O4S2.H2S/c1-10(22)6-13-17-7-14(26-13)27(23,24)20-4-5-25-12(8-20)11-2-3-16-15-18-9-19-21(11)15;/h2-3,7,9,12H,4-6,8H2,1H3;1H2/t12-;/m0./s1. The summed E-state index contributed by atoms with van der Waals surface area (Å²) < 4.78 is 34.8. The number of Topliss-reactive ketones (excluding diaryl/α,β-unsaturated/α-hetero) is 1. The number of carbonyl (C=O) groups is 1. The second kappa shape index (κ2) is 8.21. The second-order valence-corrected chi connectivity index (χ2v) is 9.30. The largest absolute Gasteiger partial charge is 0.369 e. The molecule has 4 heterocycles. The lowest BCUT2D eigenvalue weighted by atomic mass is 10.2. The molecule has 0 aromatic carbocycles.